The minimum Gasteiger partial charge on any atom is -0.119 e. The molecule has 0 unspecified atom stereocenters. The van der Waals surface area contributed by atoms with E-state index >= 15 is 0 Å². The third-order valence-electron chi connectivity index (χ3n) is 14.4. The van der Waals surface area contributed by atoms with Crippen molar-refractivity contribution in [3.05, 3.63) is 36.5 Å². The fourth-order valence-electron chi connectivity index (χ4n) is 9.86. The van der Waals surface area contributed by atoms with Crippen LogP contribution in [0.25, 0.3) is 0 Å². The summed E-state index contributed by atoms with van der Waals surface area (Å²) in [5, 5.41) is 0. The molecular weight excluding hydrogens is 792 g/mol. The van der Waals surface area contributed by atoms with Gasteiger partial charge >= 0.3 is 0 Å². The van der Waals surface area contributed by atoms with Gasteiger partial charge in [-0.25, -0.2) is 0 Å². The van der Waals surface area contributed by atoms with Gasteiger partial charge < -0.3 is 0 Å². The van der Waals surface area contributed by atoms with E-state index in [2.05, 4.69) is 57.2 Å². The molecule has 0 amide bonds. The molecule has 0 aliphatic rings. The van der Waals surface area contributed by atoms with Crippen LogP contribution in [0.1, 0.15) is 361 Å². The Bertz CT molecular complexity index is 862. The Morgan fingerprint density at radius 1 is 0.203 bits per heavy atom. The topological polar surface area (TPSA) is 0 Å². The summed E-state index contributed by atoms with van der Waals surface area (Å²) in [5.74, 6) is 0. The summed E-state index contributed by atoms with van der Waals surface area (Å²) in [6.07, 6.45) is 88.3. The van der Waals surface area contributed by atoms with E-state index in [9.17, 15) is 0 Å². The lowest BCUT2D eigenvalue weighted by atomic mass is 9.88. The third-order valence-corrected chi connectivity index (χ3v) is 15.0. The zero-order valence-electron chi connectivity index (χ0n) is 44.8. The maximum atomic E-state index is 7.56. The predicted octanol–water partition coefficient (Wildman–Crippen LogP) is 24.4. The molecule has 0 spiro atoms. The van der Waals surface area contributed by atoms with Crippen molar-refractivity contribution >= 4 is 11.6 Å². The average Bonchev–Trinajstić information content (AvgIpc) is 3.30. The standard InChI is InChI=1S/C63H121Cl/c1-4-7-10-13-16-19-22-25-28-31-33-35-37-40-43-46-49-52-55-58-61-63(64,60-57-54-51-48-45-42-39-30-27-24-21-18-15-12-9-6-3)62-59-56-53-50-47-44-41-38-36-34-32-29-26-23-20-17-14-11-8-5-2/h25-30H,4-24,31-62H2,1-3H3/b28-25-,29-26-,30-27-. The first-order valence-electron chi connectivity index (χ1n) is 30.3. The van der Waals surface area contributed by atoms with Gasteiger partial charge in [-0.05, 0) is 96.3 Å². The predicted molar refractivity (Wildman–Crippen MR) is 298 cm³/mol. The van der Waals surface area contributed by atoms with E-state index in [1.165, 1.54) is 340 Å². The van der Waals surface area contributed by atoms with Crippen molar-refractivity contribution in [2.45, 2.75) is 366 Å². The molecule has 0 aromatic heterocycles. The summed E-state index contributed by atoms with van der Waals surface area (Å²) in [6, 6.07) is 0. The van der Waals surface area contributed by atoms with Crippen LogP contribution in [0.4, 0.5) is 0 Å². The minimum absolute atomic E-state index is 0.0632. The molecule has 380 valence electrons. The molecule has 0 saturated heterocycles. The number of hydrogen-bond acceptors (Lipinski definition) is 0. The van der Waals surface area contributed by atoms with Crippen LogP contribution < -0.4 is 0 Å². The van der Waals surface area contributed by atoms with Crippen LogP contribution in [0.2, 0.25) is 0 Å². The first kappa shape index (κ1) is 63.5. The molecule has 0 saturated carbocycles. The van der Waals surface area contributed by atoms with Gasteiger partial charge in [-0.2, -0.15) is 0 Å². The summed E-state index contributed by atoms with van der Waals surface area (Å²) in [7, 11) is 0. The zero-order chi connectivity index (χ0) is 46.2. The third kappa shape index (κ3) is 54.1. The smallest absolute Gasteiger partial charge is 0.0446 e. The number of hydrogen-bond donors (Lipinski definition) is 0. The van der Waals surface area contributed by atoms with Gasteiger partial charge in [0.05, 0.1) is 0 Å². The maximum Gasteiger partial charge on any atom is 0.0446 e. The van der Waals surface area contributed by atoms with Gasteiger partial charge in [0.15, 0.2) is 0 Å². The van der Waals surface area contributed by atoms with Gasteiger partial charge in [0.1, 0.15) is 0 Å². The minimum atomic E-state index is 0.0632. The second-order valence-corrected chi connectivity index (χ2v) is 21.8. The van der Waals surface area contributed by atoms with E-state index in [4.69, 9.17) is 11.6 Å². The van der Waals surface area contributed by atoms with Crippen LogP contribution in [0, 0.1) is 0 Å². The van der Waals surface area contributed by atoms with Crippen LogP contribution in [0.5, 0.6) is 0 Å². The molecule has 0 aromatic rings. The molecule has 0 rings (SSSR count). The van der Waals surface area contributed by atoms with E-state index in [1.807, 2.05) is 0 Å². The highest BCUT2D eigenvalue weighted by molar-refractivity contribution is 6.23. The largest absolute Gasteiger partial charge is 0.119 e. The molecule has 0 aliphatic heterocycles. The Balaban J connectivity index is 4.15. The van der Waals surface area contributed by atoms with Crippen molar-refractivity contribution < 1.29 is 0 Å². The lowest BCUT2D eigenvalue weighted by molar-refractivity contribution is 0.394. The van der Waals surface area contributed by atoms with Gasteiger partial charge in [-0.1, -0.05) is 301 Å². The molecule has 0 heterocycles. The Labute approximate surface area is 412 Å². The van der Waals surface area contributed by atoms with Gasteiger partial charge in [0.2, 0.25) is 0 Å². The first-order valence-corrected chi connectivity index (χ1v) is 30.7. The Kier molecular flexibility index (Phi) is 56.4. The first-order chi connectivity index (χ1) is 31.7. The number of alkyl halides is 1. The van der Waals surface area contributed by atoms with Crippen LogP contribution in [-0.2, 0) is 0 Å². The second-order valence-electron chi connectivity index (χ2n) is 21.0. The van der Waals surface area contributed by atoms with Crippen molar-refractivity contribution in [1.29, 1.82) is 0 Å². The highest BCUT2D eigenvalue weighted by atomic mass is 35.5. The molecule has 0 N–H and O–H groups in total. The molecule has 1 heteroatoms. The van der Waals surface area contributed by atoms with E-state index in [0.717, 1.165) is 0 Å². The maximum absolute atomic E-state index is 7.56. The molecule has 0 aliphatic carbocycles. The summed E-state index contributed by atoms with van der Waals surface area (Å²) >= 11 is 7.56. The fourth-order valence-corrected chi connectivity index (χ4v) is 10.3. The number of allylic oxidation sites excluding steroid dienone is 6. The van der Waals surface area contributed by atoms with Crippen LogP contribution in [0.3, 0.4) is 0 Å². The van der Waals surface area contributed by atoms with Crippen molar-refractivity contribution in [2.75, 3.05) is 0 Å². The van der Waals surface area contributed by atoms with Crippen LogP contribution >= 0.6 is 11.6 Å². The monoisotopic (exact) mass is 913 g/mol. The summed E-state index contributed by atoms with van der Waals surface area (Å²) in [5.41, 5.74) is 0. The van der Waals surface area contributed by atoms with E-state index in [0.29, 0.717) is 0 Å². The van der Waals surface area contributed by atoms with Gasteiger partial charge in [-0.15, -0.1) is 11.6 Å². The van der Waals surface area contributed by atoms with Crippen molar-refractivity contribution in [3.63, 3.8) is 0 Å². The molecule has 0 atom stereocenters. The molecule has 0 aromatic carbocycles. The van der Waals surface area contributed by atoms with E-state index < -0.39 is 0 Å². The summed E-state index contributed by atoms with van der Waals surface area (Å²) in [4.78, 5) is 0.0632. The number of rotatable bonds is 56. The lowest BCUT2D eigenvalue weighted by Gasteiger charge is -2.27. The quantitative estimate of drug-likeness (QED) is 0.0324. The van der Waals surface area contributed by atoms with E-state index in [1.54, 1.807) is 0 Å². The molecular formula is C63H121Cl. The molecule has 0 radical (unpaired) electrons. The van der Waals surface area contributed by atoms with Crippen molar-refractivity contribution in [1.82, 2.24) is 0 Å². The van der Waals surface area contributed by atoms with E-state index in [-0.39, 0.29) is 4.87 Å². The lowest BCUT2D eigenvalue weighted by Crippen LogP contribution is -2.21. The molecule has 64 heavy (non-hydrogen) atoms. The fraction of sp³-hybridized carbons (Fsp3) is 0.905. The summed E-state index contributed by atoms with van der Waals surface area (Å²) in [6.45, 7) is 6.91. The zero-order valence-corrected chi connectivity index (χ0v) is 45.6. The Morgan fingerprint density at radius 3 is 0.516 bits per heavy atom. The van der Waals surface area contributed by atoms with Gasteiger partial charge in [0.25, 0.3) is 0 Å². The highest BCUT2D eigenvalue weighted by Crippen LogP contribution is 2.35. The Morgan fingerprint density at radius 2 is 0.344 bits per heavy atom. The normalized spacial score (nSPS) is 12.4. The molecule has 0 fully saturated rings. The highest BCUT2D eigenvalue weighted by Gasteiger charge is 2.25. The molecule has 0 nitrogen and oxygen atoms in total. The van der Waals surface area contributed by atoms with Gasteiger partial charge in [-0.3, -0.25) is 0 Å². The van der Waals surface area contributed by atoms with Crippen LogP contribution in [0.15, 0.2) is 36.5 Å². The number of unbranched alkanes of at least 4 members (excludes halogenated alkanes) is 44. The Hall–Kier alpha value is -0.490. The SMILES string of the molecule is CCCCCCCC/C=C\CCCCCCCCCCCCC(Cl)(CCCCCCCC/C=C\CCCCCCCC)CCCCCCCCCCCC/C=C\CCCCCCCC. The summed E-state index contributed by atoms with van der Waals surface area (Å²) < 4.78 is 0. The molecule has 0 bridgehead atoms. The second kappa shape index (κ2) is 56.8. The van der Waals surface area contributed by atoms with Crippen molar-refractivity contribution in [3.8, 4) is 0 Å². The average molecular weight is 914 g/mol. The van der Waals surface area contributed by atoms with Crippen LogP contribution in [-0.4, -0.2) is 4.87 Å². The number of halogens is 1. The van der Waals surface area contributed by atoms with Crippen molar-refractivity contribution in [2.24, 2.45) is 0 Å². The van der Waals surface area contributed by atoms with Gasteiger partial charge in [0, 0.05) is 4.87 Å².